The highest BCUT2D eigenvalue weighted by atomic mass is 16.5. The second-order valence-electron chi connectivity index (χ2n) is 4.02. The summed E-state index contributed by atoms with van der Waals surface area (Å²) < 4.78 is 5.12. The topological polar surface area (TPSA) is 42.4 Å². The Morgan fingerprint density at radius 1 is 1.57 bits per heavy atom. The average molecular weight is 193 g/mol. The number of methoxy groups -OCH3 is 1. The van der Waals surface area contributed by atoms with Crippen molar-refractivity contribution in [2.75, 3.05) is 13.7 Å². The number of hydrogen-bond acceptors (Lipinski definition) is 3. The highest BCUT2D eigenvalue weighted by molar-refractivity contribution is 5.24. The molecule has 1 saturated carbocycles. The first-order chi connectivity index (χ1) is 6.78. The van der Waals surface area contributed by atoms with Gasteiger partial charge < -0.3 is 9.84 Å². The molecule has 14 heavy (non-hydrogen) atoms. The number of aliphatic hydroxyl groups excluding tert-OH is 1. The van der Waals surface area contributed by atoms with E-state index in [9.17, 15) is 5.11 Å². The summed E-state index contributed by atoms with van der Waals surface area (Å²) in [5.41, 5.74) is 1.13. The molecule has 1 fully saturated rings. The van der Waals surface area contributed by atoms with Gasteiger partial charge in [0.05, 0.1) is 7.11 Å². The van der Waals surface area contributed by atoms with Gasteiger partial charge in [0, 0.05) is 24.6 Å². The van der Waals surface area contributed by atoms with Crippen LogP contribution >= 0.6 is 0 Å². The van der Waals surface area contributed by atoms with E-state index in [4.69, 9.17) is 4.74 Å². The zero-order valence-electron chi connectivity index (χ0n) is 8.36. The molecule has 1 N–H and O–H groups in total. The van der Waals surface area contributed by atoms with Crippen molar-refractivity contribution >= 4 is 0 Å². The molecule has 2 rings (SSSR count). The van der Waals surface area contributed by atoms with E-state index in [2.05, 4.69) is 4.98 Å². The summed E-state index contributed by atoms with van der Waals surface area (Å²) >= 11 is 0. The van der Waals surface area contributed by atoms with E-state index in [1.165, 1.54) is 0 Å². The normalized spacial score (nSPS) is 17.9. The van der Waals surface area contributed by atoms with Crippen LogP contribution in [0.5, 0.6) is 5.75 Å². The fourth-order valence-electron chi connectivity index (χ4n) is 1.63. The molecular weight excluding hydrogens is 178 g/mol. The fraction of sp³-hybridized carbons (Fsp3) is 0.545. The van der Waals surface area contributed by atoms with Gasteiger partial charge in [0.2, 0.25) is 0 Å². The van der Waals surface area contributed by atoms with E-state index in [-0.39, 0.29) is 12.0 Å². The lowest BCUT2D eigenvalue weighted by atomic mass is 10.0. The van der Waals surface area contributed by atoms with Gasteiger partial charge in [-0.25, -0.2) is 0 Å². The van der Waals surface area contributed by atoms with Gasteiger partial charge in [0.15, 0.2) is 0 Å². The van der Waals surface area contributed by atoms with Crippen LogP contribution in [0, 0.1) is 5.41 Å². The highest BCUT2D eigenvalue weighted by Gasteiger charge is 2.42. The van der Waals surface area contributed by atoms with Crippen LogP contribution < -0.4 is 4.74 Å². The molecule has 0 radical (unpaired) electrons. The first kappa shape index (κ1) is 9.46. The minimum atomic E-state index is 0.124. The van der Waals surface area contributed by atoms with E-state index in [0.717, 1.165) is 30.7 Å². The smallest absolute Gasteiger partial charge is 0.122 e. The maximum Gasteiger partial charge on any atom is 0.122 e. The van der Waals surface area contributed by atoms with Crippen LogP contribution in [0.15, 0.2) is 18.3 Å². The zero-order chi connectivity index (χ0) is 10.0. The van der Waals surface area contributed by atoms with Gasteiger partial charge in [-0.2, -0.15) is 0 Å². The molecule has 1 aliphatic carbocycles. The van der Waals surface area contributed by atoms with Gasteiger partial charge >= 0.3 is 0 Å². The lowest BCUT2D eigenvalue weighted by Crippen LogP contribution is -2.11. The van der Waals surface area contributed by atoms with Crippen LogP contribution in [0.2, 0.25) is 0 Å². The SMILES string of the molecule is COc1ccnc(CC2(CO)CC2)c1. The van der Waals surface area contributed by atoms with Crippen molar-refractivity contribution in [1.82, 2.24) is 4.98 Å². The van der Waals surface area contributed by atoms with Crippen molar-refractivity contribution in [3.05, 3.63) is 24.0 Å². The Hall–Kier alpha value is -1.09. The molecule has 0 atom stereocenters. The summed E-state index contributed by atoms with van der Waals surface area (Å²) in [4.78, 5) is 4.27. The summed E-state index contributed by atoms with van der Waals surface area (Å²) in [6, 6.07) is 3.78. The van der Waals surface area contributed by atoms with Gasteiger partial charge in [-0.1, -0.05) is 0 Å². The number of rotatable bonds is 4. The number of hydrogen-bond donors (Lipinski definition) is 1. The lowest BCUT2D eigenvalue weighted by molar-refractivity contribution is 0.210. The predicted molar refractivity (Wildman–Crippen MR) is 53.2 cm³/mol. The fourth-order valence-corrected chi connectivity index (χ4v) is 1.63. The Kier molecular flexibility index (Phi) is 2.42. The third-order valence-electron chi connectivity index (χ3n) is 2.87. The molecule has 0 aromatic carbocycles. The average Bonchev–Trinajstić information content (AvgIpc) is 2.99. The Morgan fingerprint density at radius 2 is 2.36 bits per heavy atom. The summed E-state index contributed by atoms with van der Waals surface area (Å²) in [5.74, 6) is 0.837. The lowest BCUT2D eigenvalue weighted by Gasteiger charge is -2.10. The summed E-state index contributed by atoms with van der Waals surface area (Å²) in [6.45, 7) is 0.270. The van der Waals surface area contributed by atoms with Crippen LogP contribution in [-0.2, 0) is 6.42 Å². The quantitative estimate of drug-likeness (QED) is 0.786. The van der Waals surface area contributed by atoms with Gasteiger partial charge in [-0.15, -0.1) is 0 Å². The standard InChI is InChI=1S/C11H15NO2/c1-14-10-2-5-12-9(6-10)7-11(8-13)3-4-11/h2,5-6,13H,3-4,7-8H2,1H3. The minimum absolute atomic E-state index is 0.124. The third kappa shape index (κ3) is 1.87. The first-order valence-corrected chi connectivity index (χ1v) is 4.88. The zero-order valence-corrected chi connectivity index (χ0v) is 8.36. The molecule has 3 heteroatoms. The minimum Gasteiger partial charge on any atom is -0.497 e. The number of ether oxygens (including phenoxy) is 1. The molecule has 3 nitrogen and oxygen atoms in total. The molecule has 0 amide bonds. The molecular formula is C11H15NO2. The number of pyridine rings is 1. The van der Waals surface area contributed by atoms with Crippen molar-refractivity contribution in [1.29, 1.82) is 0 Å². The Balaban J connectivity index is 2.09. The Morgan fingerprint density at radius 3 is 2.93 bits per heavy atom. The van der Waals surface area contributed by atoms with E-state index < -0.39 is 0 Å². The van der Waals surface area contributed by atoms with Crippen LogP contribution in [0.25, 0.3) is 0 Å². The van der Waals surface area contributed by atoms with Gasteiger partial charge in [-0.3, -0.25) is 4.98 Å². The Bertz CT molecular complexity index is 321. The summed E-state index contributed by atoms with van der Waals surface area (Å²) in [7, 11) is 1.65. The number of aliphatic hydroxyl groups is 1. The van der Waals surface area contributed by atoms with Crippen LogP contribution in [0.4, 0.5) is 0 Å². The highest BCUT2D eigenvalue weighted by Crippen LogP contribution is 2.47. The maximum atomic E-state index is 9.19. The molecule has 0 unspecified atom stereocenters. The van der Waals surface area contributed by atoms with Crippen molar-refractivity contribution in [3.63, 3.8) is 0 Å². The van der Waals surface area contributed by atoms with Crippen molar-refractivity contribution < 1.29 is 9.84 Å². The first-order valence-electron chi connectivity index (χ1n) is 4.88. The monoisotopic (exact) mass is 193 g/mol. The maximum absolute atomic E-state index is 9.19. The second kappa shape index (κ2) is 3.58. The van der Waals surface area contributed by atoms with E-state index in [1.54, 1.807) is 13.3 Å². The summed E-state index contributed by atoms with van der Waals surface area (Å²) in [6.07, 6.45) is 4.84. The largest absolute Gasteiger partial charge is 0.497 e. The predicted octanol–water partition coefficient (Wildman–Crippen LogP) is 1.41. The van der Waals surface area contributed by atoms with E-state index in [0.29, 0.717) is 0 Å². The molecule has 0 saturated heterocycles. The van der Waals surface area contributed by atoms with E-state index >= 15 is 0 Å². The van der Waals surface area contributed by atoms with Crippen LogP contribution in [-0.4, -0.2) is 23.8 Å². The number of nitrogens with zero attached hydrogens (tertiary/aromatic N) is 1. The van der Waals surface area contributed by atoms with Crippen LogP contribution in [0.3, 0.4) is 0 Å². The molecule has 1 aromatic heterocycles. The van der Waals surface area contributed by atoms with Crippen molar-refractivity contribution in [2.45, 2.75) is 19.3 Å². The van der Waals surface area contributed by atoms with Crippen molar-refractivity contribution in [3.8, 4) is 5.75 Å². The van der Waals surface area contributed by atoms with Gasteiger partial charge in [0.1, 0.15) is 5.75 Å². The molecule has 0 spiro atoms. The van der Waals surface area contributed by atoms with E-state index in [1.807, 2.05) is 12.1 Å². The van der Waals surface area contributed by atoms with Gasteiger partial charge in [-0.05, 0) is 30.7 Å². The number of aromatic nitrogens is 1. The second-order valence-corrected chi connectivity index (χ2v) is 4.02. The molecule has 1 aromatic rings. The molecule has 0 aliphatic heterocycles. The molecule has 1 heterocycles. The molecule has 1 aliphatic rings. The van der Waals surface area contributed by atoms with Crippen LogP contribution in [0.1, 0.15) is 18.5 Å². The van der Waals surface area contributed by atoms with Gasteiger partial charge in [0.25, 0.3) is 0 Å². The Labute approximate surface area is 83.7 Å². The molecule has 76 valence electrons. The third-order valence-corrected chi connectivity index (χ3v) is 2.87. The summed E-state index contributed by atoms with van der Waals surface area (Å²) in [5, 5.41) is 9.19. The van der Waals surface area contributed by atoms with Crippen molar-refractivity contribution in [2.24, 2.45) is 5.41 Å². The molecule has 0 bridgehead atoms.